The number of carbonyl (C=O) groups is 2. The van der Waals surface area contributed by atoms with Crippen molar-refractivity contribution >= 4 is 11.9 Å². The number of imide groups is 1. The summed E-state index contributed by atoms with van der Waals surface area (Å²) in [5.74, 6) is -0.533. The Kier molecular flexibility index (Phi) is 2.73. The van der Waals surface area contributed by atoms with Crippen molar-refractivity contribution in [3.63, 3.8) is 0 Å². The van der Waals surface area contributed by atoms with Crippen molar-refractivity contribution in [2.75, 3.05) is 0 Å². The van der Waals surface area contributed by atoms with Crippen molar-refractivity contribution in [1.82, 2.24) is 10.6 Å². The lowest BCUT2D eigenvalue weighted by Gasteiger charge is -2.14. The number of aliphatic hydroxyl groups excluding tert-OH is 1. The van der Waals surface area contributed by atoms with Gasteiger partial charge in [0.25, 0.3) is 5.91 Å². The molecule has 7 heteroatoms. The third-order valence-corrected chi connectivity index (χ3v) is 1.67. The Labute approximate surface area is 79.4 Å². The third kappa shape index (κ3) is 2.21. The van der Waals surface area contributed by atoms with Crippen LogP contribution >= 0.6 is 0 Å². The first kappa shape index (κ1) is 10.5. The van der Waals surface area contributed by atoms with Crippen molar-refractivity contribution in [1.29, 1.82) is 0 Å². The molecule has 0 aliphatic carbocycles. The van der Waals surface area contributed by atoms with Crippen molar-refractivity contribution in [3.8, 4) is 0 Å². The molecule has 1 atom stereocenters. The van der Waals surface area contributed by atoms with Crippen LogP contribution in [-0.2, 0) is 9.53 Å². The summed E-state index contributed by atoms with van der Waals surface area (Å²) in [6.45, 7) is -0.508. The van der Waals surface area contributed by atoms with Crippen LogP contribution in [0.5, 0.6) is 0 Å². The van der Waals surface area contributed by atoms with Crippen LogP contribution in [0.2, 0.25) is 0 Å². The lowest BCUT2D eigenvalue weighted by molar-refractivity contribution is -0.203. The van der Waals surface area contributed by atoms with Gasteiger partial charge in [-0.15, -0.1) is 0 Å². The van der Waals surface area contributed by atoms with Gasteiger partial charge in [-0.3, -0.25) is 10.1 Å². The van der Waals surface area contributed by atoms with Crippen LogP contribution in [0.4, 0.5) is 4.79 Å². The molecule has 0 aromatic carbocycles. The minimum Gasteiger partial charge on any atom is -0.450 e. The molecular weight excluding hydrogens is 192 g/mol. The van der Waals surface area contributed by atoms with E-state index in [4.69, 9.17) is 10.2 Å². The molecule has 14 heavy (non-hydrogen) atoms. The van der Waals surface area contributed by atoms with Gasteiger partial charge in [0.15, 0.2) is 0 Å². The molecule has 0 aromatic heterocycles. The summed E-state index contributed by atoms with van der Waals surface area (Å²) < 4.78 is 4.25. The first-order chi connectivity index (χ1) is 6.44. The number of rotatable bonds is 3. The largest absolute Gasteiger partial charge is 0.450 e. The van der Waals surface area contributed by atoms with E-state index in [0.717, 1.165) is 6.26 Å². The molecule has 1 fully saturated rings. The molecule has 0 bridgehead atoms. The van der Waals surface area contributed by atoms with Gasteiger partial charge >= 0.3 is 12.5 Å². The quantitative estimate of drug-likeness (QED) is 0.250. The van der Waals surface area contributed by atoms with E-state index < -0.39 is 24.0 Å². The van der Waals surface area contributed by atoms with Gasteiger partial charge in [0.05, 0.1) is 6.26 Å². The molecule has 3 amide bonds. The molecule has 1 unspecified atom stereocenters. The van der Waals surface area contributed by atoms with E-state index in [1.807, 2.05) is 5.32 Å². The summed E-state index contributed by atoms with van der Waals surface area (Å²) >= 11 is 0. The highest BCUT2D eigenvalue weighted by Gasteiger charge is 2.39. The Morgan fingerprint density at radius 2 is 2.14 bits per heavy atom. The zero-order valence-corrected chi connectivity index (χ0v) is 7.35. The van der Waals surface area contributed by atoms with Crippen LogP contribution in [0.1, 0.15) is 6.92 Å². The van der Waals surface area contributed by atoms with Gasteiger partial charge in [0.2, 0.25) is 0 Å². The standard InChI is InChI=1S/C7H10N2O5/c1-7(2-3-14-6(12)13)4(10)8-5(11)9-7/h2-3,6,12-13H,1H3,(H2,8,9,10,11)/b3-2+. The van der Waals surface area contributed by atoms with Crippen LogP contribution in [0.25, 0.3) is 0 Å². The summed E-state index contributed by atoms with van der Waals surface area (Å²) in [5.41, 5.74) is -1.22. The van der Waals surface area contributed by atoms with E-state index in [1.54, 1.807) is 0 Å². The second-order valence-electron chi connectivity index (χ2n) is 2.88. The normalized spacial score (nSPS) is 26.9. The summed E-state index contributed by atoms with van der Waals surface area (Å²) in [6, 6.07) is -0.605. The molecular formula is C7H10N2O5. The third-order valence-electron chi connectivity index (χ3n) is 1.67. The number of carbonyl (C=O) groups excluding carboxylic acids is 2. The highest BCUT2D eigenvalue weighted by atomic mass is 16.7. The van der Waals surface area contributed by atoms with Crippen LogP contribution in [0.3, 0.4) is 0 Å². The molecule has 1 aliphatic rings. The lowest BCUT2D eigenvalue weighted by atomic mass is 10.0. The van der Waals surface area contributed by atoms with E-state index in [-0.39, 0.29) is 0 Å². The first-order valence-electron chi connectivity index (χ1n) is 3.77. The average molecular weight is 202 g/mol. The van der Waals surface area contributed by atoms with E-state index in [0.29, 0.717) is 0 Å². The predicted octanol–water partition coefficient (Wildman–Crippen LogP) is -1.62. The van der Waals surface area contributed by atoms with Crippen LogP contribution in [0.15, 0.2) is 12.3 Å². The van der Waals surface area contributed by atoms with E-state index in [9.17, 15) is 9.59 Å². The summed E-state index contributed by atoms with van der Waals surface area (Å²) in [7, 11) is 0. The maximum absolute atomic E-state index is 11.2. The highest BCUT2D eigenvalue weighted by molar-refractivity contribution is 6.07. The molecule has 1 saturated heterocycles. The number of ether oxygens (including phenoxy) is 1. The Balaban J connectivity index is 2.62. The Bertz CT molecular complexity index is 288. The zero-order chi connectivity index (χ0) is 10.8. The monoisotopic (exact) mass is 202 g/mol. The fourth-order valence-corrected chi connectivity index (χ4v) is 0.920. The van der Waals surface area contributed by atoms with E-state index in [1.165, 1.54) is 13.0 Å². The molecule has 78 valence electrons. The Hall–Kier alpha value is -1.60. The van der Waals surface area contributed by atoms with Crippen molar-refractivity contribution < 1.29 is 24.5 Å². The fourth-order valence-electron chi connectivity index (χ4n) is 0.920. The molecule has 0 saturated carbocycles. The van der Waals surface area contributed by atoms with Gasteiger partial charge in [0, 0.05) is 0 Å². The second-order valence-corrected chi connectivity index (χ2v) is 2.88. The number of urea groups is 1. The minimum atomic E-state index is -1.95. The number of hydrogen-bond acceptors (Lipinski definition) is 5. The Morgan fingerprint density at radius 1 is 1.50 bits per heavy atom. The van der Waals surface area contributed by atoms with Gasteiger partial charge in [-0.25, -0.2) is 4.79 Å². The molecule has 1 heterocycles. The van der Waals surface area contributed by atoms with Gasteiger partial charge in [-0.05, 0) is 13.0 Å². The van der Waals surface area contributed by atoms with Gasteiger partial charge in [0.1, 0.15) is 5.54 Å². The van der Waals surface area contributed by atoms with Crippen LogP contribution in [0, 0.1) is 0 Å². The summed E-state index contributed by atoms with van der Waals surface area (Å²) in [5, 5.41) is 21.0. The number of aliphatic hydroxyl groups is 2. The maximum Gasteiger partial charge on any atom is 0.322 e. The Morgan fingerprint density at radius 3 is 2.57 bits per heavy atom. The number of amides is 3. The van der Waals surface area contributed by atoms with Crippen molar-refractivity contribution in [3.05, 3.63) is 12.3 Å². The topological polar surface area (TPSA) is 108 Å². The second kappa shape index (κ2) is 3.64. The molecule has 0 spiro atoms. The SMILES string of the molecule is CC1(/C=C/OC(O)O)NC(=O)NC1=O. The van der Waals surface area contributed by atoms with Crippen LogP contribution < -0.4 is 10.6 Å². The minimum absolute atomic E-state index is 0.533. The van der Waals surface area contributed by atoms with Crippen molar-refractivity contribution in [2.45, 2.75) is 18.9 Å². The fraction of sp³-hybridized carbons (Fsp3) is 0.429. The van der Waals surface area contributed by atoms with Crippen LogP contribution in [-0.4, -0.2) is 34.2 Å². The van der Waals surface area contributed by atoms with E-state index >= 15 is 0 Å². The highest BCUT2D eigenvalue weighted by Crippen LogP contribution is 2.11. The van der Waals surface area contributed by atoms with Crippen molar-refractivity contribution in [2.24, 2.45) is 0 Å². The predicted molar refractivity (Wildman–Crippen MR) is 43.5 cm³/mol. The lowest BCUT2D eigenvalue weighted by Crippen LogP contribution is -2.41. The molecule has 0 aromatic rings. The maximum atomic E-state index is 11.2. The van der Waals surface area contributed by atoms with Gasteiger partial charge < -0.3 is 20.3 Å². The van der Waals surface area contributed by atoms with Gasteiger partial charge in [-0.2, -0.15) is 0 Å². The smallest absolute Gasteiger partial charge is 0.322 e. The molecule has 0 radical (unpaired) electrons. The summed E-state index contributed by atoms with van der Waals surface area (Å²) in [4.78, 5) is 21.9. The average Bonchev–Trinajstić information content (AvgIpc) is 2.25. The number of nitrogens with one attached hydrogen (secondary N) is 2. The van der Waals surface area contributed by atoms with E-state index in [2.05, 4.69) is 10.1 Å². The molecule has 7 nitrogen and oxygen atoms in total. The molecule has 4 N–H and O–H groups in total. The number of hydrogen-bond donors (Lipinski definition) is 4. The summed E-state index contributed by atoms with van der Waals surface area (Å²) in [6.07, 6.45) is 2.13. The molecule has 1 rings (SSSR count). The van der Waals surface area contributed by atoms with Gasteiger partial charge in [-0.1, -0.05) is 0 Å². The zero-order valence-electron chi connectivity index (χ0n) is 7.35. The first-order valence-corrected chi connectivity index (χ1v) is 3.77. The molecule has 1 aliphatic heterocycles.